The average Bonchev–Trinajstić information content (AvgIpc) is 2.54. The molecule has 0 fully saturated rings. The number of aryl methyl sites for hydroxylation is 3. The Hall–Kier alpha value is -3.22. The van der Waals surface area contributed by atoms with Gasteiger partial charge in [-0.3, -0.25) is 14.9 Å². The Morgan fingerprint density at radius 1 is 1.08 bits per heavy atom. The number of benzene rings is 2. The second kappa shape index (κ2) is 7.57. The largest absolute Gasteiger partial charge is 0.452 e. The van der Waals surface area contributed by atoms with Gasteiger partial charge in [0.25, 0.3) is 11.6 Å². The molecule has 1 amide bonds. The lowest BCUT2D eigenvalue weighted by Gasteiger charge is -2.10. The lowest BCUT2D eigenvalue weighted by Crippen LogP contribution is -2.21. The summed E-state index contributed by atoms with van der Waals surface area (Å²) in [6, 6.07) is 9.41. The van der Waals surface area contributed by atoms with E-state index in [2.05, 4.69) is 5.32 Å². The van der Waals surface area contributed by atoms with Crippen LogP contribution >= 0.6 is 0 Å². The van der Waals surface area contributed by atoms with Crippen LogP contribution in [0.1, 0.15) is 27.0 Å². The van der Waals surface area contributed by atoms with E-state index in [1.54, 1.807) is 26.0 Å². The van der Waals surface area contributed by atoms with Gasteiger partial charge in [0, 0.05) is 17.8 Å². The third kappa shape index (κ3) is 4.63. The Morgan fingerprint density at radius 3 is 2.40 bits per heavy atom. The zero-order chi connectivity index (χ0) is 18.6. The number of amides is 1. The van der Waals surface area contributed by atoms with Crippen molar-refractivity contribution in [3.63, 3.8) is 0 Å². The van der Waals surface area contributed by atoms with Gasteiger partial charge in [0.2, 0.25) is 0 Å². The summed E-state index contributed by atoms with van der Waals surface area (Å²) in [4.78, 5) is 34.2. The topological polar surface area (TPSA) is 98.5 Å². The highest BCUT2D eigenvalue weighted by atomic mass is 16.6. The molecule has 2 rings (SSSR count). The lowest BCUT2D eigenvalue weighted by atomic mass is 10.1. The average molecular weight is 342 g/mol. The Labute approximate surface area is 144 Å². The van der Waals surface area contributed by atoms with Crippen molar-refractivity contribution >= 4 is 23.3 Å². The second-order valence-corrected chi connectivity index (χ2v) is 5.70. The van der Waals surface area contributed by atoms with Crippen LogP contribution in [0.4, 0.5) is 11.4 Å². The van der Waals surface area contributed by atoms with Crippen molar-refractivity contribution < 1.29 is 19.2 Å². The molecular formula is C18H18N2O5. The molecule has 25 heavy (non-hydrogen) atoms. The fourth-order valence-electron chi connectivity index (χ4n) is 2.34. The molecule has 0 aromatic heterocycles. The molecule has 0 heterocycles. The molecule has 0 aliphatic heterocycles. The van der Waals surface area contributed by atoms with Crippen LogP contribution in [0.2, 0.25) is 0 Å². The number of anilines is 1. The van der Waals surface area contributed by atoms with Gasteiger partial charge in [-0.1, -0.05) is 17.7 Å². The van der Waals surface area contributed by atoms with E-state index >= 15 is 0 Å². The van der Waals surface area contributed by atoms with Crippen molar-refractivity contribution in [3.8, 4) is 0 Å². The van der Waals surface area contributed by atoms with Gasteiger partial charge in [0.1, 0.15) is 0 Å². The maximum absolute atomic E-state index is 12.0. The monoisotopic (exact) mass is 342 g/mol. The highest BCUT2D eigenvalue weighted by Crippen LogP contribution is 2.21. The number of hydrogen-bond donors (Lipinski definition) is 1. The molecule has 0 atom stereocenters. The smallest absolute Gasteiger partial charge is 0.338 e. The summed E-state index contributed by atoms with van der Waals surface area (Å²) < 4.78 is 5.03. The number of carbonyl (C=O) groups excluding carboxylic acids is 2. The van der Waals surface area contributed by atoms with Gasteiger partial charge in [-0.2, -0.15) is 0 Å². The van der Waals surface area contributed by atoms with Gasteiger partial charge in [0.15, 0.2) is 6.61 Å². The maximum Gasteiger partial charge on any atom is 0.338 e. The number of nitro benzene ring substituents is 1. The Bertz CT molecular complexity index is 845. The van der Waals surface area contributed by atoms with E-state index in [9.17, 15) is 19.7 Å². The van der Waals surface area contributed by atoms with E-state index in [1.165, 1.54) is 18.2 Å². The van der Waals surface area contributed by atoms with E-state index < -0.39 is 23.4 Å². The molecule has 0 saturated heterocycles. The molecule has 0 aliphatic carbocycles. The van der Waals surface area contributed by atoms with Crippen molar-refractivity contribution in [3.05, 3.63) is 68.8 Å². The first-order valence-corrected chi connectivity index (χ1v) is 7.57. The van der Waals surface area contributed by atoms with Crippen molar-refractivity contribution in [2.45, 2.75) is 20.8 Å². The molecular weight excluding hydrogens is 324 g/mol. The highest BCUT2D eigenvalue weighted by molar-refractivity contribution is 5.96. The van der Waals surface area contributed by atoms with Crippen molar-refractivity contribution in [1.29, 1.82) is 0 Å². The number of nitro groups is 1. The minimum Gasteiger partial charge on any atom is -0.452 e. The molecule has 0 aliphatic rings. The van der Waals surface area contributed by atoms with Crippen LogP contribution in [0.15, 0.2) is 36.4 Å². The van der Waals surface area contributed by atoms with Crippen molar-refractivity contribution in [2.75, 3.05) is 11.9 Å². The normalized spacial score (nSPS) is 10.2. The molecule has 130 valence electrons. The molecule has 7 nitrogen and oxygen atoms in total. The van der Waals surface area contributed by atoms with E-state index in [0.29, 0.717) is 16.8 Å². The fourth-order valence-corrected chi connectivity index (χ4v) is 2.34. The molecule has 2 aromatic carbocycles. The Balaban J connectivity index is 1.96. The number of carbonyl (C=O) groups is 2. The van der Waals surface area contributed by atoms with Crippen LogP contribution in [0.25, 0.3) is 0 Å². The Kier molecular flexibility index (Phi) is 5.49. The highest BCUT2D eigenvalue weighted by Gasteiger charge is 2.14. The lowest BCUT2D eigenvalue weighted by molar-refractivity contribution is -0.384. The first-order valence-electron chi connectivity index (χ1n) is 7.57. The first-order chi connectivity index (χ1) is 11.8. The summed E-state index contributed by atoms with van der Waals surface area (Å²) in [6.07, 6.45) is 0. The molecule has 0 spiro atoms. The number of esters is 1. The molecule has 7 heteroatoms. The zero-order valence-corrected chi connectivity index (χ0v) is 14.2. The van der Waals surface area contributed by atoms with E-state index in [1.807, 2.05) is 13.0 Å². The predicted octanol–water partition coefficient (Wildman–Crippen LogP) is 3.32. The number of non-ortho nitro benzene ring substituents is 1. The first kappa shape index (κ1) is 18.1. The van der Waals surface area contributed by atoms with Gasteiger partial charge < -0.3 is 10.1 Å². The number of rotatable bonds is 5. The minimum absolute atomic E-state index is 0.0585. The van der Waals surface area contributed by atoms with Gasteiger partial charge >= 0.3 is 5.97 Å². The van der Waals surface area contributed by atoms with Gasteiger partial charge in [-0.15, -0.1) is 0 Å². The summed E-state index contributed by atoms with van der Waals surface area (Å²) in [6.45, 7) is 4.92. The molecule has 2 aromatic rings. The summed E-state index contributed by atoms with van der Waals surface area (Å²) in [5.41, 5.74) is 3.13. The van der Waals surface area contributed by atoms with E-state index in [4.69, 9.17) is 4.74 Å². The van der Waals surface area contributed by atoms with Crippen LogP contribution < -0.4 is 5.32 Å². The van der Waals surface area contributed by atoms with Crippen LogP contribution in [0.5, 0.6) is 0 Å². The number of ether oxygens (including phenoxy) is 1. The second-order valence-electron chi connectivity index (χ2n) is 5.70. The van der Waals surface area contributed by atoms with Crippen molar-refractivity contribution in [2.24, 2.45) is 0 Å². The minimum atomic E-state index is -0.576. The number of nitrogens with one attached hydrogen (secondary N) is 1. The van der Waals surface area contributed by atoms with Gasteiger partial charge in [0.05, 0.1) is 10.5 Å². The van der Waals surface area contributed by atoms with Crippen LogP contribution in [-0.2, 0) is 9.53 Å². The molecule has 0 saturated carbocycles. The predicted molar refractivity (Wildman–Crippen MR) is 92.7 cm³/mol. The summed E-state index contributed by atoms with van der Waals surface area (Å²) >= 11 is 0. The zero-order valence-electron chi connectivity index (χ0n) is 14.2. The summed E-state index contributed by atoms with van der Waals surface area (Å²) in [7, 11) is 0. The SMILES string of the molecule is Cc1ccc(C(=O)OCC(=O)Nc2ccc([N+](=O)[O-])cc2C)c(C)c1. The van der Waals surface area contributed by atoms with Crippen LogP contribution in [0, 0.1) is 30.9 Å². The molecule has 1 N–H and O–H groups in total. The summed E-state index contributed by atoms with van der Waals surface area (Å²) in [5, 5.41) is 13.3. The van der Waals surface area contributed by atoms with Gasteiger partial charge in [-0.05, 0) is 44.0 Å². The fraction of sp³-hybridized carbons (Fsp3) is 0.222. The molecule has 0 unspecified atom stereocenters. The van der Waals surface area contributed by atoms with Crippen LogP contribution in [-0.4, -0.2) is 23.4 Å². The third-order valence-corrected chi connectivity index (χ3v) is 3.63. The van der Waals surface area contributed by atoms with E-state index in [-0.39, 0.29) is 5.69 Å². The van der Waals surface area contributed by atoms with Crippen LogP contribution in [0.3, 0.4) is 0 Å². The van der Waals surface area contributed by atoms with Gasteiger partial charge in [-0.25, -0.2) is 4.79 Å². The maximum atomic E-state index is 12.0. The Morgan fingerprint density at radius 2 is 1.80 bits per heavy atom. The number of nitrogens with zero attached hydrogens (tertiary/aromatic N) is 1. The standard InChI is InChI=1S/C18H18N2O5/c1-11-4-6-15(12(2)8-11)18(22)25-10-17(21)19-16-7-5-14(20(23)24)9-13(16)3/h4-9H,10H2,1-3H3,(H,19,21). The molecule has 0 bridgehead atoms. The quantitative estimate of drug-likeness (QED) is 0.510. The van der Waals surface area contributed by atoms with Crippen molar-refractivity contribution in [1.82, 2.24) is 0 Å². The third-order valence-electron chi connectivity index (χ3n) is 3.63. The summed E-state index contributed by atoms with van der Waals surface area (Å²) in [5.74, 6) is -1.09. The number of hydrogen-bond acceptors (Lipinski definition) is 5. The molecule has 0 radical (unpaired) electrons. The van der Waals surface area contributed by atoms with E-state index in [0.717, 1.165) is 11.1 Å².